The van der Waals surface area contributed by atoms with E-state index in [0.717, 1.165) is 41.4 Å². The standard InChI is InChI=1S/C29H28F2N4O2/c30-21-9-5-19(6-10-21)15-34-24-13-23(14-25(34)18-37-17-24)32-29(36)28-26-3-1-2-4-27(26)35(33-28)16-20-7-11-22(31)12-8-20/h1-12,23-25H,13-18H2,(H,32,36)/t23-,24-,25+. The van der Waals surface area contributed by atoms with Crippen LogP contribution in [0.5, 0.6) is 0 Å². The summed E-state index contributed by atoms with van der Waals surface area (Å²) in [6.45, 7) is 2.40. The zero-order valence-corrected chi connectivity index (χ0v) is 20.3. The van der Waals surface area contributed by atoms with Crippen LogP contribution in [0.15, 0.2) is 72.8 Å². The van der Waals surface area contributed by atoms with Crippen LogP contribution in [0.3, 0.4) is 0 Å². The minimum Gasteiger partial charge on any atom is -0.378 e. The Bertz CT molecular complexity index is 1390. The minimum atomic E-state index is -0.284. The van der Waals surface area contributed by atoms with Crippen LogP contribution in [0.2, 0.25) is 0 Å². The van der Waals surface area contributed by atoms with Crippen LogP contribution >= 0.6 is 0 Å². The number of aromatic nitrogens is 2. The molecule has 1 amide bonds. The number of carbonyl (C=O) groups is 1. The second kappa shape index (κ2) is 10.0. The fourth-order valence-electron chi connectivity index (χ4n) is 5.60. The Labute approximate surface area is 213 Å². The molecular weight excluding hydrogens is 474 g/mol. The summed E-state index contributed by atoms with van der Waals surface area (Å²) in [5.41, 5.74) is 3.23. The van der Waals surface area contributed by atoms with Crippen molar-refractivity contribution in [3.05, 3.63) is 101 Å². The fourth-order valence-corrected chi connectivity index (χ4v) is 5.60. The van der Waals surface area contributed by atoms with Crippen LogP contribution in [-0.2, 0) is 17.8 Å². The molecule has 3 aromatic carbocycles. The molecule has 0 unspecified atom stereocenters. The smallest absolute Gasteiger partial charge is 0.272 e. The SMILES string of the molecule is O=C(N[C@H]1C[C@H]2COC[C@@H](C1)N2Cc1ccc(F)cc1)c1nn(Cc2ccc(F)cc2)c2ccccc12. The van der Waals surface area contributed by atoms with Crippen molar-refractivity contribution in [1.82, 2.24) is 20.0 Å². The number of carbonyl (C=O) groups excluding carboxylic acids is 1. The molecule has 3 atom stereocenters. The molecule has 0 radical (unpaired) electrons. The van der Waals surface area contributed by atoms with Crippen molar-refractivity contribution in [2.45, 2.75) is 44.1 Å². The van der Waals surface area contributed by atoms with Gasteiger partial charge in [0.15, 0.2) is 5.69 Å². The molecule has 1 aromatic heterocycles. The maximum absolute atomic E-state index is 13.4. The number of halogens is 2. The largest absolute Gasteiger partial charge is 0.378 e. The molecule has 2 bridgehead atoms. The van der Waals surface area contributed by atoms with Crippen molar-refractivity contribution in [3.8, 4) is 0 Å². The number of piperidine rings is 1. The number of nitrogens with one attached hydrogen (secondary N) is 1. The summed E-state index contributed by atoms with van der Waals surface area (Å²) in [5, 5.41) is 8.70. The Hall–Kier alpha value is -3.62. The van der Waals surface area contributed by atoms with Crippen molar-refractivity contribution >= 4 is 16.8 Å². The lowest BCUT2D eigenvalue weighted by Gasteiger charge is -2.48. The lowest BCUT2D eigenvalue weighted by atomic mass is 9.89. The third kappa shape index (κ3) is 4.99. The van der Waals surface area contributed by atoms with E-state index in [9.17, 15) is 13.6 Å². The number of nitrogens with zero attached hydrogens (tertiary/aromatic N) is 3. The molecule has 3 heterocycles. The van der Waals surface area contributed by atoms with E-state index in [4.69, 9.17) is 4.74 Å². The minimum absolute atomic E-state index is 0.0110. The molecule has 0 saturated carbocycles. The zero-order chi connectivity index (χ0) is 25.4. The van der Waals surface area contributed by atoms with Crippen LogP contribution in [0.25, 0.3) is 10.9 Å². The molecule has 4 aromatic rings. The fraction of sp³-hybridized carbons (Fsp3) is 0.310. The van der Waals surface area contributed by atoms with Crippen molar-refractivity contribution < 1.29 is 18.3 Å². The lowest BCUT2D eigenvalue weighted by Crippen LogP contribution is -2.60. The predicted octanol–water partition coefficient (Wildman–Crippen LogP) is 4.52. The van der Waals surface area contributed by atoms with Gasteiger partial charge in [0.1, 0.15) is 11.6 Å². The number of para-hydroxylation sites is 1. The first-order valence-corrected chi connectivity index (χ1v) is 12.6. The summed E-state index contributed by atoms with van der Waals surface area (Å²) in [7, 11) is 0. The molecule has 2 aliphatic rings. The first kappa shape index (κ1) is 23.8. The molecule has 2 aliphatic heterocycles. The summed E-state index contributed by atoms with van der Waals surface area (Å²) in [6, 6.07) is 21.0. The first-order valence-electron chi connectivity index (χ1n) is 12.6. The lowest BCUT2D eigenvalue weighted by molar-refractivity contribution is -0.0843. The molecule has 6 nitrogen and oxygen atoms in total. The maximum atomic E-state index is 13.4. The summed E-state index contributed by atoms with van der Waals surface area (Å²) in [4.78, 5) is 15.9. The molecule has 8 heteroatoms. The van der Waals surface area contributed by atoms with E-state index in [1.165, 1.54) is 24.3 Å². The van der Waals surface area contributed by atoms with Crippen LogP contribution in [0, 0.1) is 11.6 Å². The Balaban J connectivity index is 1.18. The molecule has 37 heavy (non-hydrogen) atoms. The van der Waals surface area contributed by atoms with Crippen molar-refractivity contribution in [1.29, 1.82) is 0 Å². The monoisotopic (exact) mass is 502 g/mol. The van der Waals surface area contributed by atoms with E-state index in [2.05, 4.69) is 15.3 Å². The molecule has 0 aliphatic carbocycles. The van der Waals surface area contributed by atoms with E-state index < -0.39 is 0 Å². The van der Waals surface area contributed by atoms with E-state index in [1.54, 1.807) is 16.8 Å². The van der Waals surface area contributed by atoms with Crippen LogP contribution in [0.4, 0.5) is 8.78 Å². The van der Waals surface area contributed by atoms with Gasteiger partial charge >= 0.3 is 0 Å². The number of amides is 1. The highest BCUT2D eigenvalue weighted by Crippen LogP contribution is 2.30. The number of morpholine rings is 1. The van der Waals surface area contributed by atoms with Crippen LogP contribution in [0.1, 0.15) is 34.5 Å². The zero-order valence-electron chi connectivity index (χ0n) is 20.3. The van der Waals surface area contributed by atoms with Crippen molar-refractivity contribution in [3.63, 3.8) is 0 Å². The second-order valence-electron chi connectivity index (χ2n) is 9.94. The Kier molecular flexibility index (Phi) is 6.44. The molecule has 1 N–H and O–H groups in total. The van der Waals surface area contributed by atoms with Gasteiger partial charge in [0.25, 0.3) is 5.91 Å². The number of hydrogen-bond acceptors (Lipinski definition) is 4. The van der Waals surface area contributed by atoms with Gasteiger partial charge in [-0.15, -0.1) is 0 Å². The average molecular weight is 503 g/mol. The average Bonchev–Trinajstić information content (AvgIpc) is 3.26. The third-order valence-electron chi connectivity index (χ3n) is 7.40. The predicted molar refractivity (Wildman–Crippen MR) is 136 cm³/mol. The van der Waals surface area contributed by atoms with Gasteiger partial charge in [-0.1, -0.05) is 42.5 Å². The summed E-state index contributed by atoms with van der Waals surface area (Å²) < 4.78 is 34.3. The number of ether oxygens (including phenoxy) is 1. The van der Waals surface area contributed by atoms with Gasteiger partial charge in [-0.05, 0) is 54.3 Å². The molecular formula is C29H28F2N4O2. The van der Waals surface area contributed by atoms with E-state index in [1.807, 2.05) is 36.4 Å². The van der Waals surface area contributed by atoms with Gasteiger partial charge in [-0.2, -0.15) is 5.10 Å². The number of rotatable bonds is 6. The third-order valence-corrected chi connectivity index (χ3v) is 7.40. The van der Waals surface area contributed by atoms with Gasteiger partial charge in [-0.25, -0.2) is 8.78 Å². The topological polar surface area (TPSA) is 59.4 Å². The molecule has 2 saturated heterocycles. The quantitative estimate of drug-likeness (QED) is 0.421. The van der Waals surface area contributed by atoms with Gasteiger partial charge in [-0.3, -0.25) is 14.4 Å². The van der Waals surface area contributed by atoms with E-state index in [0.29, 0.717) is 25.5 Å². The van der Waals surface area contributed by atoms with Crippen LogP contribution < -0.4 is 5.32 Å². The molecule has 0 spiro atoms. The summed E-state index contributed by atoms with van der Waals surface area (Å²) in [6.07, 6.45) is 1.55. The number of benzene rings is 3. The highest BCUT2D eigenvalue weighted by Gasteiger charge is 2.39. The van der Waals surface area contributed by atoms with Crippen molar-refractivity contribution in [2.24, 2.45) is 0 Å². The van der Waals surface area contributed by atoms with Gasteiger partial charge < -0.3 is 10.1 Å². The maximum Gasteiger partial charge on any atom is 0.272 e. The van der Waals surface area contributed by atoms with Crippen molar-refractivity contribution in [2.75, 3.05) is 13.2 Å². The molecule has 2 fully saturated rings. The highest BCUT2D eigenvalue weighted by molar-refractivity contribution is 6.05. The number of hydrogen-bond donors (Lipinski definition) is 1. The Morgan fingerprint density at radius 1 is 0.865 bits per heavy atom. The molecule has 6 rings (SSSR count). The van der Waals surface area contributed by atoms with Gasteiger partial charge in [0.2, 0.25) is 0 Å². The Morgan fingerprint density at radius 3 is 2.11 bits per heavy atom. The van der Waals surface area contributed by atoms with Gasteiger partial charge in [0.05, 0.1) is 25.3 Å². The molecule has 190 valence electrons. The van der Waals surface area contributed by atoms with Gasteiger partial charge in [0, 0.05) is 30.1 Å². The highest BCUT2D eigenvalue weighted by atomic mass is 19.1. The van der Waals surface area contributed by atoms with E-state index in [-0.39, 0.29) is 35.7 Å². The van der Waals surface area contributed by atoms with E-state index >= 15 is 0 Å². The number of fused-ring (bicyclic) bond motifs is 3. The normalized spacial score (nSPS) is 21.7. The van der Waals surface area contributed by atoms with Crippen LogP contribution in [-0.4, -0.2) is 51.9 Å². The summed E-state index contributed by atoms with van der Waals surface area (Å²) >= 11 is 0. The Morgan fingerprint density at radius 2 is 1.46 bits per heavy atom. The second-order valence-corrected chi connectivity index (χ2v) is 9.94. The first-order chi connectivity index (χ1) is 18.0. The summed E-state index contributed by atoms with van der Waals surface area (Å²) in [5.74, 6) is -0.709.